The second-order valence-corrected chi connectivity index (χ2v) is 6.33. The van der Waals surface area contributed by atoms with E-state index in [-0.39, 0.29) is 0 Å². The van der Waals surface area contributed by atoms with Crippen molar-refractivity contribution >= 4 is 22.4 Å². The van der Waals surface area contributed by atoms with Crippen LogP contribution in [0.1, 0.15) is 12.5 Å². The summed E-state index contributed by atoms with van der Waals surface area (Å²) in [5.41, 5.74) is 3.99. The average Bonchev–Trinajstić information content (AvgIpc) is 2.70. The number of anilines is 2. The van der Waals surface area contributed by atoms with Gasteiger partial charge in [-0.2, -0.15) is 0 Å². The summed E-state index contributed by atoms with van der Waals surface area (Å²) < 4.78 is 5.74. The number of rotatable bonds is 5. The van der Waals surface area contributed by atoms with Crippen LogP contribution in [0.15, 0.2) is 72.8 Å². The van der Waals surface area contributed by atoms with Crippen molar-refractivity contribution in [3.8, 4) is 17.1 Å². The fourth-order valence-electron chi connectivity index (χ4n) is 2.98. The minimum absolute atomic E-state index is 0.609. The lowest BCUT2D eigenvalue weighted by Gasteiger charge is -2.14. The molecule has 0 aliphatic carbocycles. The average molecular weight is 355 g/mol. The first-order valence-corrected chi connectivity index (χ1v) is 9.07. The van der Waals surface area contributed by atoms with Crippen LogP contribution in [-0.4, -0.2) is 16.6 Å². The van der Waals surface area contributed by atoms with Crippen LogP contribution in [-0.2, 0) is 0 Å². The lowest BCUT2D eigenvalue weighted by atomic mass is 10.1. The Hall–Kier alpha value is -3.40. The Morgan fingerprint density at radius 2 is 1.59 bits per heavy atom. The molecule has 0 atom stereocenters. The third-order valence-corrected chi connectivity index (χ3v) is 4.35. The van der Waals surface area contributed by atoms with Crippen LogP contribution in [0.5, 0.6) is 5.75 Å². The molecule has 134 valence electrons. The topological polar surface area (TPSA) is 47.0 Å². The summed E-state index contributed by atoms with van der Waals surface area (Å²) in [4.78, 5) is 9.57. The highest BCUT2D eigenvalue weighted by Crippen LogP contribution is 2.31. The van der Waals surface area contributed by atoms with Gasteiger partial charge in [0.1, 0.15) is 11.6 Å². The van der Waals surface area contributed by atoms with Crippen LogP contribution in [0.2, 0.25) is 0 Å². The number of aryl methyl sites for hydroxylation is 1. The van der Waals surface area contributed by atoms with E-state index in [0.29, 0.717) is 12.4 Å². The predicted octanol–water partition coefficient (Wildman–Crippen LogP) is 5.75. The molecule has 4 rings (SSSR count). The third-order valence-electron chi connectivity index (χ3n) is 4.35. The molecule has 0 spiro atoms. The van der Waals surface area contributed by atoms with Crippen molar-refractivity contribution in [2.24, 2.45) is 0 Å². The number of nitrogens with zero attached hydrogens (tertiary/aromatic N) is 2. The zero-order valence-corrected chi connectivity index (χ0v) is 15.4. The molecule has 4 aromatic rings. The number of ether oxygens (including phenoxy) is 1. The van der Waals surface area contributed by atoms with Crippen LogP contribution in [0.3, 0.4) is 0 Å². The molecule has 0 saturated carbocycles. The number of nitrogens with one attached hydrogen (secondary N) is 1. The van der Waals surface area contributed by atoms with Crippen molar-refractivity contribution in [2.45, 2.75) is 13.8 Å². The van der Waals surface area contributed by atoms with Crippen LogP contribution in [0.4, 0.5) is 11.5 Å². The van der Waals surface area contributed by atoms with Gasteiger partial charge in [0.05, 0.1) is 17.8 Å². The number of para-hydroxylation sites is 3. The Bertz CT molecular complexity index is 1070. The normalized spacial score (nSPS) is 10.7. The van der Waals surface area contributed by atoms with Gasteiger partial charge >= 0.3 is 0 Å². The van der Waals surface area contributed by atoms with Gasteiger partial charge in [0.15, 0.2) is 5.82 Å². The fraction of sp³-hybridized carbons (Fsp3) is 0.130. The largest absolute Gasteiger partial charge is 0.492 e. The Labute approximate surface area is 158 Å². The molecule has 0 radical (unpaired) electrons. The van der Waals surface area contributed by atoms with E-state index in [1.54, 1.807) is 0 Å². The van der Waals surface area contributed by atoms with Crippen molar-refractivity contribution < 1.29 is 4.74 Å². The number of fused-ring (bicyclic) bond motifs is 1. The Balaban J connectivity index is 1.83. The second kappa shape index (κ2) is 7.46. The van der Waals surface area contributed by atoms with Gasteiger partial charge in [-0.15, -0.1) is 0 Å². The summed E-state index contributed by atoms with van der Waals surface area (Å²) in [5.74, 6) is 2.27. The van der Waals surface area contributed by atoms with Gasteiger partial charge in [0.2, 0.25) is 0 Å². The molecular weight excluding hydrogens is 334 g/mol. The first kappa shape index (κ1) is 17.0. The lowest BCUT2D eigenvalue weighted by Crippen LogP contribution is -2.02. The van der Waals surface area contributed by atoms with Gasteiger partial charge in [-0.1, -0.05) is 54.1 Å². The van der Waals surface area contributed by atoms with Gasteiger partial charge in [-0.25, -0.2) is 9.97 Å². The molecule has 1 aromatic heterocycles. The first-order valence-electron chi connectivity index (χ1n) is 9.07. The minimum atomic E-state index is 0.609. The van der Waals surface area contributed by atoms with E-state index in [2.05, 4.69) is 36.5 Å². The summed E-state index contributed by atoms with van der Waals surface area (Å²) in [6.45, 7) is 4.66. The quantitative estimate of drug-likeness (QED) is 0.495. The van der Waals surface area contributed by atoms with Crippen molar-refractivity contribution in [2.75, 3.05) is 11.9 Å². The SMILES string of the molecule is CCOc1ccccc1Nc1nc(-c2ccc(C)cc2)nc2ccccc12. The van der Waals surface area contributed by atoms with Crippen molar-refractivity contribution in [1.29, 1.82) is 0 Å². The molecule has 0 bridgehead atoms. The Morgan fingerprint density at radius 1 is 0.852 bits per heavy atom. The molecule has 27 heavy (non-hydrogen) atoms. The molecule has 0 amide bonds. The minimum Gasteiger partial charge on any atom is -0.492 e. The first-order chi connectivity index (χ1) is 13.2. The number of aromatic nitrogens is 2. The van der Waals surface area contributed by atoms with Crippen LogP contribution in [0, 0.1) is 6.92 Å². The molecule has 1 N–H and O–H groups in total. The maximum Gasteiger partial charge on any atom is 0.162 e. The molecule has 0 aliphatic heterocycles. The van der Waals surface area contributed by atoms with E-state index in [1.807, 2.05) is 55.5 Å². The van der Waals surface area contributed by atoms with E-state index in [9.17, 15) is 0 Å². The highest BCUT2D eigenvalue weighted by molar-refractivity contribution is 5.92. The van der Waals surface area contributed by atoms with Gasteiger partial charge in [-0.3, -0.25) is 0 Å². The van der Waals surface area contributed by atoms with Gasteiger partial charge < -0.3 is 10.1 Å². The predicted molar refractivity (Wildman–Crippen MR) is 111 cm³/mol. The van der Waals surface area contributed by atoms with Crippen molar-refractivity contribution in [3.63, 3.8) is 0 Å². The molecule has 0 aliphatic rings. The summed E-state index contributed by atoms with van der Waals surface area (Å²) in [6.07, 6.45) is 0. The monoisotopic (exact) mass is 355 g/mol. The van der Waals surface area contributed by atoms with E-state index >= 15 is 0 Å². The Kier molecular flexibility index (Phi) is 4.71. The molecule has 4 heteroatoms. The molecule has 4 nitrogen and oxygen atoms in total. The molecule has 1 heterocycles. The summed E-state index contributed by atoms with van der Waals surface area (Å²) in [7, 11) is 0. The smallest absolute Gasteiger partial charge is 0.162 e. The lowest BCUT2D eigenvalue weighted by molar-refractivity contribution is 0.342. The van der Waals surface area contributed by atoms with E-state index in [1.165, 1.54) is 5.56 Å². The fourth-order valence-corrected chi connectivity index (χ4v) is 2.98. The molecule has 3 aromatic carbocycles. The maximum absolute atomic E-state index is 5.74. The molecule has 0 unspecified atom stereocenters. The highest BCUT2D eigenvalue weighted by Gasteiger charge is 2.11. The van der Waals surface area contributed by atoms with Crippen molar-refractivity contribution in [1.82, 2.24) is 9.97 Å². The summed E-state index contributed by atoms with van der Waals surface area (Å²) in [5, 5.41) is 4.42. The van der Waals surface area contributed by atoms with Gasteiger partial charge in [-0.05, 0) is 38.1 Å². The number of hydrogen-bond acceptors (Lipinski definition) is 4. The van der Waals surface area contributed by atoms with Crippen LogP contribution >= 0.6 is 0 Å². The van der Waals surface area contributed by atoms with Crippen LogP contribution < -0.4 is 10.1 Å². The summed E-state index contributed by atoms with van der Waals surface area (Å²) >= 11 is 0. The Morgan fingerprint density at radius 3 is 2.41 bits per heavy atom. The van der Waals surface area contributed by atoms with E-state index in [0.717, 1.165) is 33.7 Å². The molecule has 0 saturated heterocycles. The van der Waals surface area contributed by atoms with Gasteiger partial charge in [0.25, 0.3) is 0 Å². The van der Waals surface area contributed by atoms with Crippen LogP contribution in [0.25, 0.3) is 22.3 Å². The van der Waals surface area contributed by atoms with Gasteiger partial charge in [0, 0.05) is 10.9 Å². The molecular formula is C23H21N3O. The molecule has 0 fully saturated rings. The van der Waals surface area contributed by atoms with E-state index in [4.69, 9.17) is 14.7 Å². The second-order valence-electron chi connectivity index (χ2n) is 6.33. The standard InChI is InChI=1S/C23H21N3O/c1-3-27-21-11-7-6-10-20(21)25-23-18-8-4-5-9-19(18)24-22(26-23)17-14-12-16(2)13-15-17/h4-15H,3H2,1-2H3,(H,24,25,26). The zero-order valence-electron chi connectivity index (χ0n) is 15.4. The zero-order chi connectivity index (χ0) is 18.6. The summed E-state index contributed by atoms with van der Waals surface area (Å²) in [6, 6.07) is 24.2. The number of benzene rings is 3. The van der Waals surface area contributed by atoms with Crippen molar-refractivity contribution in [3.05, 3.63) is 78.4 Å². The van der Waals surface area contributed by atoms with E-state index < -0.39 is 0 Å². The third kappa shape index (κ3) is 3.60. The maximum atomic E-state index is 5.74. The number of hydrogen-bond donors (Lipinski definition) is 1. The highest BCUT2D eigenvalue weighted by atomic mass is 16.5.